The Labute approximate surface area is 113 Å². The highest BCUT2D eigenvalue weighted by molar-refractivity contribution is 6.32. The summed E-state index contributed by atoms with van der Waals surface area (Å²) >= 11 is 6.02. The van der Waals surface area contributed by atoms with Crippen LogP contribution in [-0.4, -0.2) is 19.1 Å². The second-order valence-electron chi connectivity index (χ2n) is 4.76. The van der Waals surface area contributed by atoms with Gasteiger partial charge in [-0.3, -0.25) is 0 Å². The minimum absolute atomic E-state index is 0.445. The van der Waals surface area contributed by atoms with Crippen LogP contribution in [0.25, 0.3) is 0 Å². The van der Waals surface area contributed by atoms with Crippen molar-refractivity contribution in [3.05, 3.63) is 28.8 Å². The van der Waals surface area contributed by atoms with Crippen molar-refractivity contribution in [1.29, 1.82) is 5.26 Å². The highest BCUT2D eigenvalue weighted by atomic mass is 35.5. The molecule has 2 N–H and O–H groups in total. The zero-order chi connectivity index (χ0) is 13.0. The molecule has 1 aliphatic rings. The van der Waals surface area contributed by atoms with E-state index < -0.39 is 0 Å². The molecule has 0 bridgehead atoms. The largest absolute Gasteiger partial charge is 0.381 e. The van der Waals surface area contributed by atoms with Gasteiger partial charge >= 0.3 is 0 Å². The van der Waals surface area contributed by atoms with E-state index in [1.165, 1.54) is 12.8 Å². The Morgan fingerprint density at radius 3 is 2.50 bits per heavy atom. The van der Waals surface area contributed by atoms with Gasteiger partial charge in [0.2, 0.25) is 0 Å². The summed E-state index contributed by atoms with van der Waals surface area (Å²) in [6.07, 6.45) is 4.61. The third-order valence-corrected chi connectivity index (χ3v) is 3.94. The minimum atomic E-state index is 0.445. The smallest absolute Gasteiger partial charge is 0.103 e. The maximum atomic E-state index is 9.12. The highest BCUT2D eigenvalue weighted by Gasteiger charge is 2.20. The maximum Gasteiger partial charge on any atom is 0.103 e. The van der Waals surface area contributed by atoms with Gasteiger partial charge in [-0.15, -0.1) is 0 Å². The summed E-state index contributed by atoms with van der Waals surface area (Å²) in [6.45, 7) is 0. The van der Waals surface area contributed by atoms with Crippen LogP contribution in [0.4, 0.5) is 5.69 Å². The first-order valence-corrected chi connectivity index (χ1v) is 6.74. The molecule has 1 saturated carbocycles. The van der Waals surface area contributed by atoms with Crippen molar-refractivity contribution < 1.29 is 0 Å². The summed E-state index contributed by atoms with van der Waals surface area (Å²) in [6, 6.07) is 8.81. The SMILES string of the molecule is CNC1CCC(Nc2cccc(Cl)c2C#N)CC1. The molecule has 0 unspecified atom stereocenters. The minimum Gasteiger partial charge on any atom is -0.381 e. The second kappa shape index (κ2) is 6.08. The van der Waals surface area contributed by atoms with Gasteiger partial charge in [-0.05, 0) is 44.9 Å². The van der Waals surface area contributed by atoms with Crippen LogP contribution in [0.15, 0.2) is 18.2 Å². The molecule has 2 rings (SSSR count). The standard InChI is InChI=1S/C14H18ClN3/c1-17-10-5-7-11(8-6-10)18-14-4-2-3-13(15)12(14)9-16/h2-4,10-11,17-18H,5-8H2,1H3. The molecule has 1 aliphatic carbocycles. The van der Waals surface area contributed by atoms with Crippen molar-refractivity contribution in [2.24, 2.45) is 0 Å². The van der Waals surface area contributed by atoms with Crippen LogP contribution in [0.1, 0.15) is 31.2 Å². The van der Waals surface area contributed by atoms with E-state index in [9.17, 15) is 0 Å². The predicted octanol–water partition coefficient (Wildman–Crippen LogP) is 3.15. The molecule has 1 aromatic carbocycles. The molecular weight excluding hydrogens is 246 g/mol. The van der Waals surface area contributed by atoms with Crippen molar-refractivity contribution in [2.45, 2.75) is 37.8 Å². The van der Waals surface area contributed by atoms with Crippen molar-refractivity contribution >= 4 is 17.3 Å². The Morgan fingerprint density at radius 2 is 1.89 bits per heavy atom. The van der Waals surface area contributed by atoms with Gasteiger partial charge in [0.05, 0.1) is 16.3 Å². The zero-order valence-electron chi connectivity index (χ0n) is 10.5. The fourth-order valence-electron chi connectivity index (χ4n) is 2.50. The van der Waals surface area contributed by atoms with Crippen LogP contribution in [0.3, 0.4) is 0 Å². The van der Waals surface area contributed by atoms with Crippen LogP contribution in [0.2, 0.25) is 5.02 Å². The third kappa shape index (κ3) is 2.95. The maximum absolute atomic E-state index is 9.12. The summed E-state index contributed by atoms with van der Waals surface area (Å²) in [7, 11) is 2.02. The van der Waals surface area contributed by atoms with Crippen molar-refractivity contribution in [3.63, 3.8) is 0 Å². The molecule has 3 nitrogen and oxygen atoms in total. The van der Waals surface area contributed by atoms with Gasteiger partial charge in [0.25, 0.3) is 0 Å². The second-order valence-corrected chi connectivity index (χ2v) is 5.16. The molecule has 18 heavy (non-hydrogen) atoms. The fraction of sp³-hybridized carbons (Fsp3) is 0.500. The van der Waals surface area contributed by atoms with Crippen LogP contribution in [0, 0.1) is 11.3 Å². The molecule has 0 spiro atoms. The molecular formula is C14H18ClN3. The molecule has 1 fully saturated rings. The Bertz CT molecular complexity index is 445. The Kier molecular flexibility index (Phi) is 4.46. The van der Waals surface area contributed by atoms with Crippen LogP contribution < -0.4 is 10.6 Å². The first kappa shape index (κ1) is 13.2. The Hall–Kier alpha value is -1.24. The molecule has 0 aliphatic heterocycles. The topological polar surface area (TPSA) is 47.8 Å². The lowest BCUT2D eigenvalue weighted by atomic mass is 9.91. The van der Waals surface area contributed by atoms with Crippen LogP contribution in [-0.2, 0) is 0 Å². The molecule has 0 radical (unpaired) electrons. The molecule has 1 aromatic rings. The van der Waals surface area contributed by atoms with E-state index in [1.54, 1.807) is 6.07 Å². The lowest BCUT2D eigenvalue weighted by Crippen LogP contribution is -2.35. The van der Waals surface area contributed by atoms with E-state index in [0.717, 1.165) is 18.5 Å². The van der Waals surface area contributed by atoms with E-state index in [1.807, 2.05) is 19.2 Å². The van der Waals surface area contributed by atoms with Crippen molar-refractivity contribution in [3.8, 4) is 6.07 Å². The number of nitrogens with one attached hydrogen (secondary N) is 2. The number of nitrogens with zero attached hydrogens (tertiary/aromatic N) is 1. The van der Waals surface area contributed by atoms with E-state index in [0.29, 0.717) is 22.7 Å². The number of hydrogen-bond acceptors (Lipinski definition) is 3. The van der Waals surface area contributed by atoms with Crippen LogP contribution >= 0.6 is 11.6 Å². The zero-order valence-corrected chi connectivity index (χ0v) is 11.3. The van der Waals surface area contributed by atoms with Gasteiger partial charge in [-0.25, -0.2) is 0 Å². The number of nitriles is 1. The molecule has 96 valence electrons. The molecule has 0 saturated heterocycles. The first-order valence-electron chi connectivity index (χ1n) is 6.37. The van der Waals surface area contributed by atoms with Crippen LogP contribution in [0.5, 0.6) is 0 Å². The van der Waals surface area contributed by atoms with Crippen molar-refractivity contribution in [1.82, 2.24) is 5.32 Å². The molecule has 0 amide bonds. The van der Waals surface area contributed by atoms with Gasteiger partial charge in [0.15, 0.2) is 0 Å². The highest BCUT2D eigenvalue weighted by Crippen LogP contribution is 2.27. The fourth-order valence-corrected chi connectivity index (χ4v) is 2.72. The monoisotopic (exact) mass is 263 g/mol. The summed E-state index contributed by atoms with van der Waals surface area (Å²) in [5.41, 5.74) is 1.41. The molecule has 4 heteroatoms. The number of benzene rings is 1. The lowest BCUT2D eigenvalue weighted by molar-refractivity contribution is 0.371. The molecule has 0 atom stereocenters. The molecule has 0 heterocycles. The van der Waals surface area contributed by atoms with Gasteiger partial charge in [0, 0.05) is 12.1 Å². The third-order valence-electron chi connectivity index (χ3n) is 3.62. The normalized spacial score (nSPS) is 23.4. The Morgan fingerprint density at radius 1 is 1.22 bits per heavy atom. The number of halogens is 1. The number of hydrogen-bond donors (Lipinski definition) is 2. The van der Waals surface area contributed by atoms with Gasteiger partial charge < -0.3 is 10.6 Å². The summed E-state index contributed by atoms with van der Waals surface area (Å²) in [5, 5.41) is 16.4. The Balaban J connectivity index is 2.03. The van der Waals surface area contributed by atoms with E-state index in [-0.39, 0.29) is 0 Å². The average molecular weight is 264 g/mol. The predicted molar refractivity (Wildman–Crippen MR) is 74.9 cm³/mol. The molecule has 0 aromatic heterocycles. The van der Waals surface area contributed by atoms with Gasteiger partial charge in [-0.2, -0.15) is 5.26 Å². The number of anilines is 1. The first-order chi connectivity index (χ1) is 8.74. The summed E-state index contributed by atoms with van der Waals surface area (Å²) in [5.74, 6) is 0. The van der Waals surface area contributed by atoms with Gasteiger partial charge in [0.1, 0.15) is 6.07 Å². The van der Waals surface area contributed by atoms with Crippen molar-refractivity contribution in [2.75, 3.05) is 12.4 Å². The van der Waals surface area contributed by atoms with E-state index in [4.69, 9.17) is 16.9 Å². The van der Waals surface area contributed by atoms with E-state index in [2.05, 4.69) is 16.7 Å². The van der Waals surface area contributed by atoms with E-state index >= 15 is 0 Å². The average Bonchev–Trinajstić information content (AvgIpc) is 2.40. The summed E-state index contributed by atoms with van der Waals surface area (Å²) < 4.78 is 0. The quantitative estimate of drug-likeness (QED) is 0.881. The summed E-state index contributed by atoms with van der Waals surface area (Å²) in [4.78, 5) is 0. The number of rotatable bonds is 3. The lowest BCUT2D eigenvalue weighted by Gasteiger charge is -2.29. The van der Waals surface area contributed by atoms with Gasteiger partial charge in [-0.1, -0.05) is 17.7 Å².